The van der Waals surface area contributed by atoms with Crippen molar-refractivity contribution in [2.75, 3.05) is 66.1 Å². The SMILES string of the molecule is CC(C)[C@H](CO)N1C(=O)[C@@H]2[C@H]3C(=O)N(C)CC=C[C@H]3O[C@@]23C=CCN(CCN2CCOCC2)C(=O)C13. The number of carbonyl (C=O) groups excluding carboxylic acids is 3. The maximum Gasteiger partial charge on any atom is 0.249 e. The summed E-state index contributed by atoms with van der Waals surface area (Å²) in [5.41, 5.74) is -1.25. The summed E-state index contributed by atoms with van der Waals surface area (Å²) in [4.78, 5) is 49.0. The second kappa shape index (κ2) is 9.89. The van der Waals surface area contributed by atoms with E-state index in [1.807, 2.05) is 38.2 Å². The lowest BCUT2D eigenvalue weighted by Crippen LogP contribution is -2.59. The van der Waals surface area contributed by atoms with Crippen molar-refractivity contribution in [1.29, 1.82) is 0 Å². The van der Waals surface area contributed by atoms with Crippen molar-refractivity contribution in [3.8, 4) is 0 Å². The summed E-state index contributed by atoms with van der Waals surface area (Å²) in [6.07, 6.45) is 6.94. The summed E-state index contributed by atoms with van der Waals surface area (Å²) in [6.45, 7) is 8.70. The van der Waals surface area contributed by atoms with E-state index in [4.69, 9.17) is 9.47 Å². The molecule has 0 saturated carbocycles. The molecule has 0 aromatic heterocycles. The number of nitrogens with zero attached hydrogens (tertiary/aromatic N) is 4. The second-order valence-corrected chi connectivity index (χ2v) is 10.9. The molecule has 198 valence electrons. The van der Waals surface area contributed by atoms with E-state index in [-0.39, 0.29) is 30.2 Å². The monoisotopic (exact) mass is 502 g/mol. The van der Waals surface area contributed by atoms with Crippen molar-refractivity contribution in [2.45, 2.75) is 37.6 Å². The van der Waals surface area contributed by atoms with Crippen molar-refractivity contribution in [3.05, 3.63) is 24.3 Å². The third kappa shape index (κ3) is 3.98. The van der Waals surface area contributed by atoms with E-state index < -0.39 is 35.6 Å². The van der Waals surface area contributed by atoms with Gasteiger partial charge in [-0.2, -0.15) is 0 Å². The Balaban J connectivity index is 1.52. The molecule has 1 unspecified atom stereocenters. The molecular weight excluding hydrogens is 464 g/mol. The van der Waals surface area contributed by atoms with Crippen LogP contribution in [0.25, 0.3) is 0 Å². The highest BCUT2D eigenvalue weighted by Gasteiger charge is 2.72. The van der Waals surface area contributed by atoms with Gasteiger partial charge in [0, 0.05) is 46.3 Å². The molecule has 0 aliphatic carbocycles. The standard InChI is InChI=1S/C26H38N4O6/c1-17(2)18(16-31)30-22-25(34)29(11-10-28-12-14-35-15-13-28)9-5-7-26(22)21(24(30)33)20-19(36-26)6-4-8-27(3)23(20)32/h4-7,17-22,31H,8-16H2,1-3H3/t18-,19+,20-,21-,22?,26-/m0/s1. The first-order valence-corrected chi connectivity index (χ1v) is 13.1. The van der Waals surface area contributed by atoms with Gasteiger partial charge in [0.2, 0.25) is 17.7 Å². The molecule has 0 bridgehead atoms. The highest BCUT2D eigenvalue weighted by atomic mass is 16.5. The highest BCUT2D eigenvalue weighted by molar-refractivity contribution is 6.00. The maximum atomic E-state index is 14.2. The van der Waals surface area contributed by atoms with Gasteiger partial charge in [0.1, 0.15) is 11.6 Å². The normalized spacial score (nSPS) is 35.7. The lowest BCUT2D eigenvalue weighted by Gasteiger charge is -2.40. The zero-order valence-electron chi connectivity index (χ0n) is 21.4. The molecule has 0 aromatic rings. The molecule has 5 heterocycles. The summed E-state index contributed by atoms with van der Waals surface area (Å²) in [7, 11) is 1.72. The molecule has 1 spiro atoms. The summed E-state index contributed by atoms with van der Waals surface area (Å²) < 4.78 is 12.0. The Morgan fingerprint density at radius 1 is 1.06 bits per heavy atom. The van der Waals surface area contributed by atoms with Gasteiger partial charge in [-0.05, 0) is 5.92 Å². The topological polar surface area (TPSA) is 103 Å². The minimum absolute atomic E-state index is 0.0835. The average Bonchev–Trinajstić information content (AvgIpc) is 3.19. The third-order valence-corrected chi connectivity index (χ3v) is 8.49. The number of morpholine rings is 1. The summed E-state index contributed by atoms with van der Waals surface area (Å²) in [5.74, 6) is -2.25. The molecule has 5 rings (SSSR count). The van der Waals surface area contributed by atoms with E-state index in [9.17, 15) is 19.5 Å². The number of aliphatic hydroxyl groups excluding tert-OH is 1. The summed E-state index contributed by atoms with van der Waals surface area (Å²) in [5, 5.41) is 10.3. The van der Waals surface area contributed by atoms with Crippen LogP contribution in [-0.2, 0) is 23.9 Å². The Morgan fingerprint density at radius 3 is 2.50 bits per heavy atom. The Morgan fingerprint density at radius 2 is 1.81 bits per heavy atom. The van der Waals surface area contributed by atoms with E-state index in [2.05, 4.69) is 4.90 Å². The molecule has 3 fully saturated rings. The number of aliphatic hydroxyl groups is 1. The molecule has 5 aliphatic rings. The average molecular weight is 503 g/mol. The molecule has 0 aromatic carbocycles. The van der Waals surface area contributed by atoms with Crippen LogP contribution in [0.4, 0.5) is 0 Å². The number of ether oxygens (including phenoxy) is 2. The molecule has 36 heavy (non-hydrogen) atoms. The molecule has 1 N–H and O–H groups in total. The van der Waals surface area contributed by atoms with Gasteiger partial charge < -0.3 is 29.3 Å². The van der Waals surface area contributed by atoms with Crippen LogP contribution in [0.5, 0.6) is 0 Å². The number of likely N-dealkylation sites (tertiary alicyclic amines) is 1. The van der Waals surface area contributed by atoms with Crippen LogP contribution >= 0.6 is 0 Å². The first-order valence-electron chi connectivity index (χ1n) is 13.1. The van der Waals surface area contributed by atoms with Gasteiger partial charge >= 0.3 is 0 Å². The minimum Gasteiger partial charge on any atom is -0.394 e. The van der Waals surface area contributed by atoms with Gasteiger partial charge in [-0.15, -0.1) is 0 Å². The van der Waals surface area contributed by atoms with E-state index in [0.29, 0.717) is 39.4 Å². The number of fused-ring (bicyclic) bond motifs is 2. The first-order chi connectivity index (χ1) is 17.3. The van der Waals surface area contributed by atoms with Crippen molar-refractivity contribution in [3.63, 3.8) is 0 Å². The summed E-state index contributed by atoms with van der Waals surface area (Å²) >= 11 is 0. The van der Waals surface area contributed by atoms with Gasteiger partial charge in [0.05, 0.1) is 43.8 Å². The number of likely N-dealkylation sites (N-methyl/N-ethyl adjacent to an activating group) is 1. The number of hydrogen-bond donors (Lipinski definition) is 1. The number of amides is 3. The summed E-state index contributed by atoms with van der Waals surface area (Å²) in [6, 6.07) is -1.49. The number of hydrogen-bond acceptors (Lipinski definition) is 7. The van der Waals surface area contributed by atoms with Crippen molar-refractivity contribution >= 4 is 17.7 Å². The van der Waals surface area contributed by atoms with Gasteiger partial charge in [-0.1, -0.05) is 38.2 Å². The zero-order chi connectivity index (χ0) is 25.6. The van der Waals surface area contributed by atoms with Gasteiger partial charge in [-0.25, -0.2) is 0 Å². The number of carbonyl (C=O) groups is 3. The van der Waals surface area contributed by atoms with Crippen LogP contribution in [0.2, 0.25) is 0 Å². The largest absolute Gasteiger partial charge is 0.394 e. The predicted molar refractivity (Wildman–Crippen MR) is 131 cm³/mol. The van der Waals surface area contributed by atoms with Crippen molar-refractivity contribution < 1.29 is 29.0 Å². The molecule has 0 radical (unpaired) electrons. The first kappa shape index (κ1) is 25.4. The van der Waals surface area contributed by atoms with Gasteiger partial charge in [0.25, 0.3) is 0 Å². The Labute approximate surface area is 212 Å². The molecule has 3 amide bonds. The van der Waals surface area contributed by atoms with Gasteiger partial charge in [0.15, 0.2) is 0 Å². The highest BCUT2D eigenvalue weighted by Crippen LogP contribution is 2.54. The lowest BCUT2D eigenvalue weighted by atomic mass is 9.77. The van der Waals surface area contributed by atoms with E-state index in [1.54, 1.807) is 21.7 Å². The van der Waals surface area contributed by atoms with E-state index in [1.165, 1.54) is 0 Å². The minimum atomic E-state index is -1.25. The second-order valence-electron chi connectivity index (χ2n) is 10.9. The predicted octanol–water partition coefficient (Wildman–Crippen LogP) is -0.657. The van der Waals surface area contributed by atoms with Gasteiger partial charge in [-0.3, -0.25) is 19.3 Å². The quantitative estimate of drug-likeness (QED) is 0.481. The fourth-order valence-electron chi connectivity index (χ4n) is 6.52. The zero-order valence-corrected chi connectivity index (χ0v) is 21.4. The maximum absolute atomic E-state index is 14.2. The lowest BCUT2D eigenvalue weighted by molar-refractivity contribution is -0.152. The van der Waals surface area contributed by atoms with Crippen LogP contribution in [-0.4, -0.2) is 132 Å². The fourth-order valence-corrected chi connectivity index (χ4v) is 6.52. The van der Waals surface area contributed by atoms with Crippen LogP contribution in [0, 0.1) is 17.8 Å². The Bertz CT molecular complexity index is 947. The Hall–Kier alpha value is -2.27. The molecule has 3 saturated heterocycles. The van der Waals surface area contributed by atoms with Crippen LogP contribution in [0.1, 0.15) is 13.8 Å². The third-order valence-electron chi connectivity index (χ3n) is 8.49. The van der Waals surface area contributed by atoms with Crippen molar-refractivity contribution in [1.82, 2.24) is 19.6 Å². The molecular formula is C26H38N4O6. The van der Waals surface area contributed by atoms with Crippen LogP contribution in [0.3, 0.4) is 0 Å². The van der Waals surface area contributed by atoms with E-state index >= 15 is 0 Å². The fraction of sp³-hybridized carbons (Fsp3) is 0.731. The number of rotatable bonds is 6. The Kier molecular flexibility index (Phi) is 6.97. The molecule has 10 heteroatoms. The van der Waals surface area contributed by atoms with Crippen LogP contribution < -0.4 is 0 Å². The smallest absolute Gasteiger partial charge is 0.249 e. The molecule has 5 aliphatic heterocycles. The van der Waals surface area contributed by atoms with E-state index in [0.717, 1.165) is 13.1 Å². The molecule has 6 atom stereocenters. The molecule has 10 nitrogen and oxygen atoms in total. The van der Waals surface area contributed by atoms with Crippen molar-refractivity contribution in [2.24, 2.45) is 17.8 Å². The van der Waals surface area contributed by atoms with Crippen LogP contribution in [0.15, 0.2) is 24.3 Å².